The molecule has 0 N–H and O–H groups in total. The number of benzene rings is 1. The predicted octanol–water partition coefficient (Wildman–Crippen LogP) is 4.45. The maximum atomic E-state index is 5.39. The van der Waals surface area contributed by atoms with Gasteiger partial charge in [0.15, 0.2) is 0 Å². The van der Waals surface area contributed by atoms with E-state index in [2.05, 4.69) is 52.0 Å². The summed E-state index contributed by atoms with van der Waals surface area (Å²) in [6, 6.07) is 8.84. The van der Waals surface area contributed by atoms with Crippen LogP contribution in [0.2, 0.25) is 0 Å². The van der Waals surface area contributed by atoms with Crippen LogP contribution in [0.25, 0.3) is 0 Å². The molecular formula is C15H22S. The second-order valence-corrected chi connectivity index (χ2v) is 5.74. The van der Waals surface area contributed by atoms with Crippen LogP contribution in [0, 0.1) is 11.8 Å². The van der Waals surface area contributed by atoms with E-state index >= 15 is 0 Å². The van der Waals surface area contributed by atoms with Crippen LogP contribution in [0.3, 0.4) is 0 Å². The topological polar surface area (TPSA) is 0 Å². The molecule has 1 aromatic carbocycles. The van der Waals surface area contributed by atoms with Gasteiger partial charge >= 0.3 is 0 Å². The maximum absolute atomic E-state index is 5.39. The lowest BCUT2D eigenvalue weighted by Crippen LogP contribution is -2.08. The molecule has 16 heavy (non-hydrogen) atoms. The fourth-order valence-electron chi connectivity index (χ4n) is 1.74. The van der Waals surface area contributed by atoms with Crippen molar-refractivity contribution in [2.24, 2.45) is 11.8 Å². The van der Waals surface area contributed by atoms with Crippen molar-refractivity contribution in [1.29, 1.82) is 0 Å². The zero-order valence-corrected chi connectivity index (χ0v) is 11.6. The molecule has 0 aliphatic heterocycles. The third kappa shape index (κ3) is 4.44. The molecule has 0 unspecified atom stereocenters. The fraction of sp³-hybridized carbons (Fsp3) is 0.533. The minimum absolute atomic E-state index is 0.503. The van der Waals surface area contributed by atoms with E-state index < -0.39 is 0 Å². The second kappa shape index (κ2) is 6.15. The molecule has 0 saturated heterocycles. The molecule has 0 nitrogen and oxygen atoms in total. The number of rotatable bonds is 5. The molecule has 0 radical (unpaired) electrons. The van der Waals surface area contributed by atoms with Crippen molar-refractivity contribution in [3.63, 3.8) is 0 Å². The average molecular weight is 234 g/mol. The summed E-state index contributed by atoms with van der Waals surface area (Å²) in [5.41, 5.74) is 2.79. The summed E-state index contributed by atoms with van der Waals surface area (Å²) in [7, 11) is 0. The summed E-state index contributed by atoms with van der Waals surface area (Å²) < 4.78 is 0. The van der Waals surface area contributed by atoms with Gasteiger partial charge < -0.3 is 0 Å². The standard InChI is InChI=1S/C15H22S/c1-11(2)8-13-6-5-7-14(9-13)10-15(16)12(3)4/h5-7,9,11-12H,8,10H2,1-4H3. The Hall–Kier alpha value is -0.690. The molecule has 0 saturated carbocycles. The van der Waals surface area contributed by atoms with Crippen LogP contribution < -0.4 is 0 Å². The molecule has 88 valence electrons. The molecule has 0 atom stereocenters. The van der Waals surface area contributed by atoms with Gasteiger partial charge in [0.05, 0.1) is 0 Å². The monoisotopic (exact) mass is 234 g/mol. The quantitative estimate of drug-likeness (QED) is 0.678. The van der Waals surface area contributed by atoms with Crippen molar-refractivity contribution in [1.82, 2.24) is 0 Å². The van der Waals surface area contributed by atoms with Crippen LogP contribution >= 0.6 is 12.2 Å². The van der Waals surface area contributed by atoms with Crippen molar-refractivity contribution >= 4 is 17.1 Å². The van der Waals surface area contributed by atoms with Crippen molar-refractivity contribution < 1.29 is 0 Å². The maximum Gasteiger partial charge on any atom is 0.00409 e. The van der Waals surface area contributed by atoms with Crippen LogP contribution in [0.15, 0.2) is 24.3 Å². The van der Waals surface area contributed by atoms with Gasteiger partial charge in [0.2, 0.25) is 0 Å². The van der Waals surface area contributed by atoms with E-state index in [9.17, 15) is 0 Å². The first-order valence-corrected chi connectivity index (χ1v) is 6.50. The summed E-state index contributed by atoms with van der Waals surface area (Å²) in [4.78, 5) is 1.15. The van der Waals surface area contributed by atoms with Crippen LogP contribution in [0.1, 0.15) is 38.8 Å². The highest BCUT2D eigenvalue weighted by Gasteiger charge is 2.05. The normalized spacial score (nSPS) is 11.1. The largest absolute Gasteiger partial charge is 0.0890 e. The molecule has 0 amide bonds. The summed E-state index contributed by atoms with van der Waals surface area (Å²) in [6.45, 7) is 8.84. The fourth-order valence-corrected chi connectivity index (χ4v) is 1.91. The number of hydrogen-bond acceptors (Lipinski definition) is 1. The average Bonchev–Trinajstić information content (AvgIpc) is 2.16. The Kier molecular flexibility index (Phi) is 5.14. The van der Waals surface area contributed by atoms with E-state index in [0.717, 1.165) is 17.7 Å². The van der Waals surface area contributed by atoms with Crippen molar-refractivity contribution in [3.05, 3.63) is 35.4 Å². The SMILES string of the molecule is CC(C)Cc1cccc(CC(=S)C(C)C)c1. The molecule has 0 heterocycles. The molecule has 0 fully saturated rings. The Bertz CT molecular complexity index is 350. The van der Waals surface area contributed by atoms with Gasteiger partial charge in [-0.2, -0.15) is 0 Å². The van der Waals surface area contributed by atoms with Gasteiger partial charge in [0.1, 0.15) is 0 Å². The van der Waals surface area contributed by atoms with Crippen molar-refractivity contribution in [2.75, 3.05) is 0 Å². The first-order chi connectivity index (χ1) is 7.49. The van der Waals surface area contributed by atoms with Crippen molar-refractivity contribution in [2.45, 2.75) is 40.5 Å². The van der Waals surface area contributed by atoms with E-state index in [1.165, 1.54) is 11.1 Å². The molecule has 1 heteroatoms. The lowest BCUT2D eigenvalue weighted by atomic mass is 9.97. The summed E-state index contributed by atoms with van der Waals surface area (Å²) in [5.74, 6) is 1.22. The third-order valence-electron chi connectivity index (χ3n) is 2.66. The van der Waals surface area contributed by atoms with E-state index in [1.54, 1.807) is 0 Å². The van der Waals surface area contributed by atoms with Gasteiger partial charge in [0, 0.05) is 6.42 Å². The van der Waals surface area contributed by atoms with E-state index in [4.69, 9.17) is 12.2 Å². The van der Waals surface area contributed by atoms with Gasteiger partial charge in [-0.25, -0.2) is 0 Å². The molecule has 1 aromatic rings. The zero-order valence-electron chi connectivity index (χ0n) is 10.8. The van der Waals surface area contributed by atoms with Crippen LogP contribution in [-0.2, 0) is 12.8 Å². The molecule has 0 aliphatic rings. The lowest BCUT2D eigenvalue weighted by molar-refractivity contribution is 0.647. The van der Waals surface area contributed by atoms with Gasteiger partial charge in [-0.15, -0.1) is 0 Å². The molecular weight excluding hydrogens is 212 g/mol. The number of thiocarbonyl (C=S) groups is 1. The zero-order chi connectivity index (χ0) is 12.1. The predicted molar refractivity (Wildman–Crippen MR) is 76.1 cm³/mol. The highest BCUT2D eigenvalue weighted by atomic mass is 32.1. The van der Waals surface area contributed by atoms with Crippen LogP contribution in [0.4, 0.5) is 0 Å². The highest BCUT2D eigenvalue weighted by molar-refractivity contribution is 7.80. The Morgan fingerprint density at radius 1 is 1.12 bits per heavy atom. The molecule has 0 bridgehead atoms. The van der Waals surface area contributed by atoms with Gasteiger partial charge in [0.25, 0.3) is 0 Å². The molecule has 1 rings (SSSR count). The summed E-state index contributed by atoms with van der Waals surface area (Å²) in [6.07, 6.45) is 2.10. The Balaban J connectivity index is 2.71. The minimum atomic E-state index is 0.503. The lowest BCUT2D eigenvalue weighted by Gasteiger charge is -2.10. The molecule has 0 aromatic heterocycles. The smallest absolute Gasteiger partial charge is 0.00409 e. The highest BCUT2D eigenvalue weighted by Crippen LogP contribution is 2.13. The molecule has 0 aliphatic carbocycles. The van der Waals surface area contributed by atoms with E-state index in [-0.39, 0.29) is 0 Å². The Labute approximate surface area is 105 Å². The van der Waals surface area contributed by atoms with Crippen LogP contribution in [-0.4, -0.2) is 4.86 Å². The van der Waals surface area contributed by atoms with Gasteiger partial charge in [-0.1, -0.05) is 64.2 Å². The first-order valence-electron chi connectivity index (χ1n) is 6.09. The van der Waals surface area contributed by atoms with Gasteiger partial charge in [-0.05, 0) is 34.2 Å². The summed E-state index contributed by atoms with van der Waals surface area (Å²) >= 11 is 5.39. The Morgan fingerprint density at radius 3 is 2.31 bits per heavy atom. The van der Waals surface area contributed by atoms with Crippen molar-refractivity contribution in [3.8, 4) is 0 Å². The van der Waals surface area contributed by atoms with E-state index in [1.807, 2.05) is 0 Å². The van der Waals surface area contributed by atoms with E-state index in [0.29, 0.717) is 11.8 Å². The minimum Gasteiger partial charge on any atom is -0.0890 e. The Morgan fingerprint density at radius 2 is 1.75 bits per heavy atom. The van der Waals surface area contributed by atoms with Crippen LogP contribution in [0.5, 0.6) is 0 Å². The first kappa shape index (κ1) is 13.4. The summed E-state index contributed by atoms with van der Waals surface area (Å²) in [5, 5.41) is 0. The molecule has 0 spiro atoms. The van der Waals surface area contributed by atoms with Gasteiger partial charge in [-0.3, -0.25) is 0 Å². The second-order valence-electron chi connectivity index (χ2n) is 5.22. The number of hydrogen-bond donors (Lipinski definition) is 0. The third-order valence-corrected chi connectivity index (χ3v) is 3.27.